The van der Waals surface area contributed by atoms with Gasteiger partial charge in [-0.25, -0.2) is 0 Å². The molecule has 0 bridgehead atoms. The maximum atomic E-state index is 11.3. The number of nitrogens with one attached hydrogen (secondary N) is 2. The monoisotopic (exact) mass is 197 g/mol. The summed E-state index contributed by atoms with van der Waals surface area (Å²) >= 11 is 0. The molecule has 0 unspecified atom stereocenters. The van der Waals surface area contributed by atoms with Crippen LogP contribution < -0.4 is 5.32 Å². The first-order chi connectivity index (χ1) is 6.47. The van der Waals surface area contributed by atoms with Gasteiger partial charge in [0.1, 0.15) is 6.61 Å². The van der Waals surface area contributed by atoms with Gasteiger partial charge in [-0.2, -0.15) is 5.10 Å². The number of carbonyl (C=O) groups is 1. The van der Waals surface area contributed by atoms with Gasteiger partial charge in [-0.3, -0.25) is 9.89 Å². The molecule has 1 aromatic rings. The maximum absolute atomic E-state index is 11.3. The fourth-order valence-corrected chi connectivity index (χ4v) is 0.798. The lowest BCUT2D eigenvalue weighted by molar-refractivity contribution is -0.125. The van der Waals surface area contributed by atoms with Crippen LogP contribution in [0.5, 0.6) is 0 Å². The number of amides is 1. The van der Waals surface area contributed by atoms with Crippen molar-refractivity contribution >= 4 is 11.6 Å². The van der Waals surface area contributed by atoms with E-state index < -0.39 is 0 Å². The Morgan fingerprint density at radius 3 is 2.86 bits per heavy atom. The molecule has 0 aliphatic heterocycles. The van der Waals surface area contributed by atoms with Crippen LogP contribution in [0.4, 0.5) is 5.69 Å². The van der Waals surface area contributed by atoms with Crippen LogP contribution in [0.3, 0.4) is 0 Å². The van der Waals surface area contributed by atoms with Crippen LogP contribution in [-0.2, 0) is 9.53 Å². The van der Waals surface area contributed by atoms with Crippen molar-refractivity contribution in [2.45, 2.75) is 26.4 Å². The molecule has 0 spiro atoms. The van der Waals surface area contributed by atoms with E-state index in [9.17, 15) is 4.79 Å². The predicted molar refractivity (Wildman–Crippen MR) is 52.9 cm³/mol. The molecule has 1 rings (SSSR count). The third kappa shape index (κ3) is 4.04. The van der Waals surface area contributed by atoms with Gasteiger partial charge in [0, 0.05) is 6.20 Å². The lowest BCUT2D eigenvalue weighted by Gasteiger charge is -2.18. The summed E-state index contributed by atoms with van der Waals surface area (Å²) in [6.45, 7) is 5.75. The second kappa shape index (κ2) is 4.23. The number of ether oxygens (including phenoxy) is 1. The van der Waals surface area contributed by atoms with Crippen LogP contribution in [0.1, 0.15) is 20.8 Å². The van der Waals surface area contributed by atoms with Crippen LogP contribution in [0.2, 0.25) is 0 Å². The van der Waals surface area contributed by atoms with Crippen molar-refractivity contribution in [2.24, 2.45) is 0 Å². The summed E-state index contributed by atoms with van der Waals surface area (Å²) in [6, 6.07) is 0. The zero-order valence-electron chi connectivity index (χ0n) is 8.63. The standard InChI is InChI=1S/C9H15N3O2/c1-9(2,3)14-6-8(13)12-7-4-10-11-5-7/h4-5H,6H2,1-3H3,(H,10,11)(H,12,13). The molecule has 5 heteroatoms. The molecule has 78 valence electrons. The highest BCUT2D eigenvalue weighted by atomic mass is 16.5. The van der Waals surface area contributed by atoms with Crippen LogP contribution in [0, 0.1) is 0 Å². The molecular formula is C9H15N3O2. The topological polar surface area (TPSA) is 67.0 Å². The van der Waals surface area contributed by atoms with Crippen LogP contribution in [0.25, 0.3) is 0 Å². The van der Waals surface area contributed by atoms with Crippen molar-refractivity contribution in [1.82, 2.24) is 10.2 Å². The Morgan fingerprint density at radius 2 is 2.36 bits per heavy atom. The minimum absolute atomic E-state index is 0.0503. The highest BCUT2D eigenvalue weighted by Gasteiger charge is 2.12. The molecule has 1 heterocycles. The fourth-order valence-electron chi connectivity index (χ4n) is 0.798. The molecule has 0 radical (unpaired) electrons. The van der Waals surface area contributed by atoms with Crippen molar-refractivity contribution in [3.8, 4) is 0 Å². The number of rotatable bonds is 3. The van der Waals surface area contributed by atoms with E-state index in [1.807, 2.05) is 20.8 Å². The lowest BCUT2D eigenvalue weighted by Crippen LogP contribution is -2.26. The number of hydrogen-bond donors (Lipinski definition) is 2. The normalized spacial score (nSPS) is 11.4. The Labute approximate surface area is 82.8 Å². The molecule has 0 saturated carbocycles. The highest BCUT2D eigenvalue weighted by molar-refractivity contribution is 5.91. The van der Waals surface area contributed by atoms with E-state index in [1.54, 1.807) is 6.20 Å². The molecule has 0 atom stereocenters. The minimum Gasteiger partial charge on any atom is -0.366 e. The zero-order chi connectivity index (χ0) is 10.6. The van der Waals surface area contributed by atoms with Gasteiger partial charge in [-0.15, -0.1) is 0 Å². The molecule has 14 heavy (non-hydrogen) atoms. The molecule has 1 amide bonds. The third-order valence-corrected chi connectivity index (χ3v) is 1.42. The van der Waals surface area contributed by atoms with Crippen LogP contribution in [-0.4, -0.2) is 28.3 Å². The second-order valence-electron chi connectivity index (χ2n) is 3.94. The maximum Gasteiger partial charge on any atom is 0.250 e. The van der Waals surface area contributed by atoms with E-state index in [4.69, 9.17) is 4.74 Å². The minimum atomic E-state index is -0.298. The van der Waals surface area contributed by atoms with Crippen molar-refractivity contribution in [2.75, 3.05) is 11.9 Å². The number of aromatic nitrogens is 2. The fraction of sp³-hybridized carbons (Fsp3) is 0.556. The van der Waals surface area contributed by atoms with E-state index in [2.05, 4.69) is 15.5 Å². The summed E-state index contributed by atoms with van der Waals surface area (Å²) in [5.41, 5.74) is 0.348. The number of H-pyrrole nitrogens is 1. The first kappa shape index (κ1) is 10.7. The Hall–Kier alpha value is -1.36. The van der Waals surface area contributed by atoms with Gasteiger partial charge >= 0.3 is 0 Å². The average molecular weight is 197 g/mol. The van der Waals surface area contributed by atoms with Crippen molar-refractivity contribution in [1.29, 1.82) is 0 Å². The van der Waals surface area contributed by atoms with Gasteiger partial charge < -0.3 is 10.1 Å². The summed E-state index contributed by atoms with van der Waals surface area (Å²) in [5, 5.41) is 8.94. The number of anilines is 1. The van der Waals surface area contributed by atoms with Gasteiger partial charge in [0.2, 0.25) is 5.91 Å². The largest absolute Gasteiger partial charge is 0.366 e. The SMILES string of the molecule is CC(C)(C)OCC(=O)Nc1cn[nH]c1. The zero-order valence-corrected chi connectivity index (χ0v) is 8.63. The van der Waals surface area contributed by atoms with E-state index in [1.165, 1.54) is 6.20 Å². The number of nitrogens with zero attached hydrogens (tertiary/aromatic N) is 1. The molecule has 5 nitrogen and oxygen atoms in total. The summed E-state index contributed by atoms with van der Waals surface area (Å²) in [7, 11) is 0. The average Bonchev–Trinajstić information content (AvgIpc) is 2.52. The van der Waals surface area contributed by atoms with Gasteiger partial charge in [-0.1, -0.05) is 0 Å². The third-order valence-electron chi connectivity index (χ3n) is 1.42. The smallest absolute Gasteiger partial charge is 0.250 e. The van der Waals surface area contributed by atoms with Gasteiger partial charge in [0.05, 0.1) is 17.5 Å². The summed E-state index contributed by atoms with van der Waals surface area (Å²) in [5.74, 6) is -0.179. The molecule has 0 saturated heterocycles. The van der Waals surface area contributed by atoms with Gasteiger partial charge in [-0.05, 0) is 20.8 Å². The number of hydrogen-bond acceptors (Lipinski definition) is 3. The Bertz CT molecular complexity index is 288. The van der Waals surface area contributed by atoms with Crippen LogP contribution >= 0.6 is 0 Å². The summed E-state index contributed by atoms with van der Waals surface area (Å²) < 4.78 is 5.30. The van der Waals surface area contributed by atoms with Crippen molar-refractivity contribution in [3.05, 3.63) is 12.4 Å². The number of carbonyl (C=O) groups excluding carboxylic acids is 1. The van der Waals surface area contributed by atoms with E-state index in [0.29, 0.717) is 5.69 Å². The summed E-state index contributed by atoms with van der Waals surface area (Å²) in [4.78, 5) is 11.3. The highest BCUT2D eigenvalue weighted by Crippen LogP contribution is 2.07. The molecule has 2 N–H and O–H groups in total. The van der Waals surface area contributed by atoms with Gasteiger partial charge in [0.15, 0.2) is 0 Å². The Kier molecular flexibility index (Phi) is 3.24. The van der Waals surface area contributed by atoms with E-state index >= 15 is 0 Å². The first-order valence-electron chi connectivity index (χ1n) is 4.40. The molecule has 0 aromatic carbocycles. The van der Waals surface area contributed by atoms with Crippen molar-refractivity contribution < 1.29 is 9.53 Å². The second-order valence-corrected chi connectivity index (χ2v) is 3.94. The van der Waals surface area contributed by atoms with E-state index in [-0.39, 0.29) is 18.1 Å². The molecule has 1 aromatic heterocycles. The molecule has 0 aliphatic carbocycles. The van der Waals surface area contributed by atoms with Gasteiger partial charge in [0.25, 0.3) is 0 Å². The lowest BCUT2D eigenvalue weighted by atomic mass is 10.2. The molecular weight excluding hydrogens is 182 g/mol. The quantitative estimate of drug-likeness (QED) is 0.764. The Balaban J connectivity index is 2.30. The molecule has 0 fully saturated rings. The Morgan fingerprint density at radius 1 is 1.64 bits per heavy atom. The van der Waals surface area contributed by atoms with E-state index in [0.717, 1.165) is 0 Å². The predicted octanol–water partition coefficient (Wildman–Crippen LogP) is 1.16. The molecule has 0 aliphatic rings. The summed E-state index contributed by atoms with van der Waals surface area (Å²) in [6.07, 6.45) is 3.14. The first-order valence-corrected chi connectivity index (χ1v) is 4.40. The van der Waals surface area contributed by atoms with Crippen LogP contribution in [0.15, 0.2) is 12.4 Å². The number of aromatic amines is 1. The van der Waals surface area contributed by atoms with Crippen molar-refractivity contribution in [3.63, 3.8) is 0 Å².